The van der Waals surface area contributed by atoms with Gasteiger partial charge in [-0.2, -0.15) is 0 Å². The quantitative estimate of drug-likeness (QED) is 0.768. The van der Waals surface area contributed by atoms with Crippen LogP contribution in [0.2, 0.25) is 0 Å². The molecule has 0 atom stereocenters. The highest BCUT2D eigenvalue weighted by Crippen LogP contribution is 2.26. The lowest BCUT2D eigenvalue weighted by molar-refractivity contribution is 0.475. The van der Waals surface area contributed by atoms with Crippen molar-refractivity contribution in [1.82, 2.24) is 9.97 Å². The Bertz CT molecular complexity index is 593. The van der Waals surface area contributed by atoms with Gasteiger partial charge >= 0.3 is 0 Å². The first-order valence-corrected chi connectivity index (χ1v) is 6.69. The van der Waals surface area contributed by atoms with Gasteiger partial charge in [-0.3, -0.25) is 0 Å². The second-order valence-corrected chi connectivity index (χ2v) is 4.97. The first-order chi connectivity index (χ1) is 9.24. The van der Waals surface area contributed by atoms with E-state index < -0.39 is 0 Å². The minimum Gasteiger partial charge on any atom is -0.508 e. The zero-order valence-corrected chi connectivity index (χ0v) is 10.8. The Kier molecular flexibility index (Phi) is 3.07. The third-order valence-electron chi connectivity index (χ3n) is 3.59. The van der Waals surface area contributed by atoms with Crippen LogP contribution in [0.15, 0.2) is 24.3 Å². The van der Waals surface area contributed by atoms with Gasteiger partial charge in [0.1, 0.15) is 11.6 Å². The molecule has 1 heterocycles. The number of phenols is 1. The van der Waals surface area contributed by atoms with Crippen LogP contribution in [-0.2, 0) is 12.8 Å². The Morgan fingerprint density at radius 3 is 2.47 bits per heavy atom. The Balaban J connectivity index is 2.06. The normalized spacial score (nSPS) is 14.7. The van der Waals surface area contributed by atoms with E-state index in [4.69, 9.17) is 5.73 Å². The molecular formula is C15H17N3O. The van der Waals surface area contributed by atoms with E-state index in [-0.39, 0.29) is 5.75 Å². The van der Waals surface area contributed by atoms with Crippen molar-refractivity contribution >= 4 is 5.82 Å². The minimum atomic E-state index is 0.242. The van der Waals surface area contributed by atoms with Gasteiger partial charge in [0, 0.05) is 16.8 Å². The van der Waals surface area contributed by atoms with E-state index in [0.717, 1.165) is 29.7 Å². The summed E-state index contributed by atoms with van der Waals surface area (Å²) in [7, 11) is 0. The molecule has 1 aliphatic rings. The summed E-state index contributed by atoms with van der Waals surface area (Å²) in [6.45, 7) is 0. The molecule has 98 valence electrons. The first-order valence-electron chi connectivity index (χ1n) is 6.69. The van der Waals surface area contributed by atoms with Crippen LogP contribution in [0.3, 0.4) is 0 Å². The van der Waals surface area contributed by atoms with Crippen molar-refractivity contribution in [2.24, 2.45) is 0 Å². The molecular weight excluding hydrogens is 238 g/mol. The van der Waals surface area contributed by atoms with Gasteiger partial charge in [0.05, 0.1) is 0 Å². The molecule has 4 heteroatoms. The van der Waals surface area contributed by atoms with Crippen molar-refractivity contribution in [3.05, 3.63) is 35.5 Å². The fourth-order valence-corrected chi connectivity index (χ4v) is 2.54. The maximum Gasteiger partial charge on any atom is 0.161 e. The average molecular weight is 255 g/mol. The van der Waals surface area contributed by atoms with E-state index in [2.05, 4.69) is 9.97 Å². The Morgan fingerprint density at radius 1 is 0.947 bits per heavy atom. The smallest absolute Gasteiger partial charge is 0.161 e. The number of hydrogen-bond donors (Lipinski definition) is 2. The Labute approximate surface area is 112 Å². The van der Waals surface area contributed by atoms with Crippen molar-refractivity contribution < 1.29 is 5.11 Å². The Morgan fingerprint density at radius 2 is 1.68 bits per heavy atom. The molecule has 1 aromatic carbocycles. The van der Waals surface area contributed by atoms with Gasteiger partial charge in [0.2, 0.25) is 0 Å². The lowest BCUT2D eigenvalue weighted by atomic mass is 10.1. The van der Waals surface area contributed by atoms with Gasteiger partial charge < -0.3 is 10.8 Å². The van der Waals surface area contributed by atoms with E-state index in [1.807, 2.05) is 12.1 Å². The van der Waals surface area contributed by atoms with Crippen molar-refractivity contribution in [3.63, 3.8) is 0 Å². The highest BCUT2D eigenvalue weighted by atomic mass is 16.3. The topological polar surface area (TPSA) is 72.0 Å². The molecule has 0 spiro atoms. The summed E-state index contributed by atoms with van der Waals surface area (Å²) in [4.78, 5) is 9.07. The van der Waals surface area contributed by atoms with Crippen molar-refractivity contribution in [3.8, 4) is 17.1 Å². The van der Waals surface area contributed by atoms with Gasteiger partial charge in [-0.25, -0.2) is 9.97 Å². The summed E-state index contributed by atoms with van der Waals surface area (Å²) in [5.41, 5.74) is 9.18. The molecule has 0 aliphatic heterocycles. The predicted molar refractivity (Wildman–Crippen MR) is 74.8 cm³/mol. The molecule has 0 saturated heterocycles. The molecule has 1 aromatic heterocycles. The third-order valence-corrected chi connectivity index (χ3v) is 3.59. The fourth-order valence-electron chi connectivity index (χ4n) is 2.54. The number of nitrogens with zero attached hydrogens (tertiary/aromatic N) is 2. The number of benzene rings is 1. The summed E-state index contributed by atoms with van der Waals surface area (Å²) in [6.07, 6.45) is 5.52. The van der Waals surface area contributed by atoms with Crippen LogP contribution in [0.25, 0.3) is 11.4 Å². The molecule has 0 radical (unpaired) electrons. The first kappa shape index (κ1) is 12.0. The lowest BCUT2D eigenvalue weighted by Gasteiger charge is -2.10. The lowest BCUT2D eigenvalue weighted by Crippen LogP contribution is -2.06. The fraction of sp³-hybridized carbons (Fsp3) is 0.333. The standard InChI is InChI=1S/C15H17N3O/c16-14-12-4-2-1-3-5-13(12)17-15(18-14)10-6-8-11(19)9-7-10/h6-9,19H,1-5H2,(H2,16,17,18). The van der Waals surface area contributed by atoms with Gasteiger partial charge in [-0.05, 0) is 49.9 Å². The second-order valence-electron chi connectivity index (χ2n) is 4.97. The molecule has 4 nitrogen and oxygen atoms in total. The van der Waals surface area contributed by atoms with Crippen LogP contribution in [-0.4, -0.2) is 15.1 Å². The molecule has 19 heavy (non-hydrogen) atoms. The zero-order valence-electron chi connectivity index (χ0n) is 10.8. The SMILES string of the molecule is Nc1nc(-c2ccc(O)cc2)nc2c1CCCCC2. The number of rotatable bonds is 1. The molecule has 3 rings (SSSR count). The monoisotopic (exact) mass is 255 g/mol. The number of aromatic hydroxyl groups is 1. The van der Waals surface area contributed by atoms with Crippen LogP contribution in [0.4, 0.5) is 5.82 Å². The highest BCUT2D eigenvalue weighted by molar-refractivity contribution is 5.59. The maximum atomic E-state index is 9.32. The summed E-state index contributed by atoms with van der Waals surface area (Å²) < 4.78 is 0. The Hall–Kier alpha value is -2.10. The van der Waals surface area contributed by atoms with E-state index in [1.54, 1.807) is 12.1 Å². The van der Waals surface area contributed by atoms with Crippen LogP contribution >= 0.6 is 0 Å². The summed E-state index contributed by atoms with van der Waals surface area (Å²) in [6, 6.07) is 6.90. The second kappa shape index (κ2) is 4.88. The van der Waals surface area contributed by atoms with Crippen molar-refractivity contribution in [2.45, 2.75) is 32.1 Å². The number of phenolic OH excluding ortho intramolecular Hbond substituents is 1. The average Bonchev–Trinajstić information content (AvgIpc) is 2.65. The molecule has 0 unspecified atom stereocenters. The zero-order chi connectivity index (χ0) is 13.2. The summed E-state index contributed by atoms with van der Waals surface area (Å²) >= 11 is 0. The maximum absolute atomic E-state index is 9.32. The number of nitrogen functional groups attached to an aromatic ring is 1. The summed E-state index contributed by atoms with van der Waals surface area (Å²) in [5, 5.41) is 9.32. The molecule has 1 aliphatic carbocycles. The molecule has 0 fully saturated rings. The predicted octanol–water partition coefficient (Wildman–Crippen LogP) is 2.70. The number of fused-ring (bicyclic) bond motifs is 1. The molecule has 0 bridgehead atoms. The molecule has 3 N–H and O–H groups in total. The van der Waals surface area contributed by atoms with E-state index in [1.165, 1.54) is 19.3 Å². The largest absolute Gasteiger partial charge is 0.508 e. The third kappa shape index (κ3) is 2.38. The van der Waals surface area contributed by atoms with E-state index in [0.29, 0.717) is 11.6 Å². The van der Waals surface area contributed by atoms with Gasteiger partial charge in [-0.1, -0.05) is 6.42 Å². The van der Waals surface area contributed by atoms with E-state index in [9.17, 15) is 5.11 Å². The molecule has 0 amide bonds. The van der Waals surface area contributed by atoms with Gasteiger partial charge in [0.15, 0.2) is 5.82 Å². The number of aryl methyl sites for hydroxylation is 1. The van der Waals surface area contributed by atoms with Gasteiger partial charge in [-0.15, -0.1) is 0 Å². The van der Waals surface area contributed by atoms with Crippen LogP contribution < -0.4 is 5.73 Å². The molecule has 0 saturated carbocycles. The van der Waals surface area contributed by atoms with Crippen molar-refractivity contribution in [1.29, 1.82) is 0 Å². The molecule has 2 aromatic rings. The van der Waals surface area contributed by atoms with Gasteiger partial charge in [0.25, 0.3) is 0 Å². The van der Waals surface area contributed by atoms with Crippen LogP contribution in [0, 0.1) is 0 Å². The summed E-state index contributed by atoms with van der Waals surface area (Å²) in [5.74, 6) is 1.50. The number of nitrogens with two attached hydrogens (primary N) is 1. The number of anilines is 1. The van der Waals surface area contributed by atoms with Crippen LogP contribution in [0.5, 0.6) is 5.75 Å². The number of aromatic nitrogens is 2. The van der Waals surface area contributed by atoms with Crippen LogP contribution in [0.1, 0.15) is 30.5 Å². The van der Waals surface area contributed by atoms with E-state index >= 15 is 0 Å². The minimum absolute atomic E-state index is 0.242. The number of hydrogen-bond acceptors (Lipinski definition) is 4. The highest BCUT2D eigenvalue weighted by Gasteiger charge is 2.15. The van der Waals surface area contributed by atoms with Crippen molar-refractivity contribution in [2.75, 3.05) is 5.73 Å².